The third kappa shape index (κ3) is 2.92. The Morgan fingerprint density at radius 1 is 0.905 bits per heavy atom. The van der Waals surface area contributed by atoms with Gasteiger partial charge in [0, 0.05) is 8.59 Å². The van der Waals surface area contributed by atoms with Gasteiger partial charge in [-0.15, -0.1) is 11.6 Å². The maximum atomic E-state index is 6.78. The van der Waals surface area contributed by atoms with E-state index in [1.54, 1.807) is 0 Å². The van der Waals surface area contributed by atoms with E-state index in [0.29, 0.717) is 5.02 Å². The van der Waals surface area contributed by atoms with Gasteiger partial charge >= 0.3 is 0 Å². The Balaban J connectivity index is 2.20. The van der Waals surface area contributed by atoms with E-state index in [-0.39, 0.29) is 5.38 Å². The van der Waals surface area contributed by atoms with Gasteiger partial charge in [0.25, 0.3) is 0 Å². The van der Waals surface area contributed by atoms with E-state index in [1.807, 2.05) is 18.2 Å². The van der Waals surface area contributed by atoms with Crippen LogP contribution in [-0.2, 0) is 0 Å². The Morgan fingerprint density at radius 3 is 2.38 bits per heavy atom. The first kappa shape index (κ1) is 15.1. The largest absolute Gasteiger partial charge is 0.113 e. The number of benzene rings is 3. The molecule has 0 bridgehead atoms. The van der Waals surface area contributed by atoms with Gasteiger partial charge in [0.15, 0.2) is 0 Å². The highest BCUT2D eigenvalue weighted by Crippen LogP contribution is 2.37. The number of hydrogen-bond donors (Lipinski definition) is 0. The minimum Gasteiger partial charge on any atom is -0.113 e. The zero-order valence-electron chi connectivity index (χ0n) is 11.4. The lowest BCUT2D eigenvalue weighted by Gasteiger charge is -2.16. The fourth-order valence-corrected chi connectivity index (χ4v) is 3.95. The lowest BCUT2D eigenvalue weighted by molar-refractivity contribution is 1.14. The van der Waals surface area contributed by atoms with Crippen molar-refractivity contribution in [2.45, 2.75) is 12.3 Å². The number of aryl methyl sites for hydroxylation is 1. The zero-order chi connectivity index (χ0) is 15.0. The number of halogens is 3. The Labute approximate surface area is 148 Å². The second-order valence-corrected chi connectivity index (χ2v) is 7.08. The second kappa shape index (κ2) is 6.15. The fraction of sp³-hybridized carbons (Fsp3) is 0.111. The van der Waals surface area contributed by atoms with Gasteiger partial charge in [0.2, 0.25) is 0 Å². The van der Waals surface area contributed by atoms with Crippen LogP contribution in [0.5, 0.6) is 0 Å². The predicted molar refractivity (Wildman–Crippen MR) is 101 cm³/mol. The lowest BCUT2D eigenvalue weighted by atomic mass is 9.95. The molecule has 0 N–H and O–H groups in total. The van der Waals surface area contributed by atoms with Gasteiger partial charge in [0.1, 0.15) is 0 Å². The molecular formula is C18H13Cl2I. The van der Waals surface area contributed by atoms with Crippen LogP contribution in [0.1, 0.15) is 22.1 Å². The van der Waals surface area contributed by atoms with E-state index in [9.17, 15) is 0 Å². The summed E-state index contributed by atoms with van der Waals surface area (Å²) in [5.74, 6) is 0. The van der Waals surface area contributed by atoms with Crippen molar-refractivity contribution in [2.75, 3.05) is 0 Å². The molecule has 3 aromatic carbocycles. The molecule has 1 unspecified atom stereocenters. The van der Waals surface area contributed by atoms with E-state index in [4.69, 9.17) is 23.2 Å². The molecule has 3 aromatic rings. The van der Waals surface area contributed by atoms with Gasteiger partial charge in [-0.05, 0) is 75.2 Å². The molecule has 0 aliphatic heterocycles. The van der Waals surface area contributed by atoms with Crippen molar-refractivity contribution in [3.05, 3.63) is 79.9 Å². The zero-order valence-corrected chi connectivity index (χ0v) is 15.1. The van der Waals surface area contributed by atoms with E-state index in [1.165, 1.54) is 16.3 Å². The molecule has 0 heterocycles. The van der Waals surface area contributed by atoms with Crippen molar-refractivity contribution >= 4 is 56.6 Å². The molecule has 3 rings (SSSR count). The molecule has 0 nitrogen and oxygen atoms in total. The molecule has 21 heavy (non-hydrogen) atoms. The van der Waals surface area contributed by atoms with Crippen LogP contribution in [-0.4, -0.2) is 0 Å². The summed E-state index contributed by atoms with van der Waals surface area (Å²) in [7, 11) is 0. The molecule has 0 aromatic heterocycles. The highest BCUT2D eigenvalue weighted by atomic mass is 127. The molecule has 1 atom stereocenters. The summed E-state index contributed by atoms with van der Waals surface area (Å²) >= 11 is 15.2. The second-order valence-electron chi connectivity index (χ2n) is 5.05. The number of alkyl halides is 1. The summed E-state index contributed by atoms with van der Waals surface area (Å²) in [5, 5.41) is 2.96. The average Bonchev–Trinajstić information content (AvgIpc) is 2.50. The average molecular weight is 427 g/mol. The highest BCUT2D eigenvalue weighted by Gasteiger charge is 2.17. The van der Waals surface area contributed by atoms with Gasteiger partial charge in [-0.2, -0.15) is 0 Å². The van der Waals surface area contributed by atoms with Crippen molar-refractivity contribution in [2.24, 2.45) is 0 Å². The first-order chi connectivity index (χ1) is 10.1. The van der Waals surface area contributed by atoms with E-state index in [0.717, 1.165) is 14.7 Å². The summed E-state index contributed by atoms with van der Waals surface area (Å²) < 4.78 is 1.13. The van der Waals surface area contributed by atoms with Crippen LogP contribution in [0.2, 0.25) is 5.02 Å². The Hall–Kier alpha value is -0.770. The molecule has 0 fully saturated rings. The van der Waals surface area contributed by atoms with Crippen molar-refractivity contribution in [3.8, 4) is 0 Å². The van der Waals surface area contributed by atoms with Crippen LogP contribution in [0.25, 0.3) is 10.8 Å². The monoisotopic (exact) mass is 426 g/mol. The van der Waals surface area contributed by atoms with Crippen molar-refractivity contribution in [1.82, 2.24) is 0 Å². The third-order valence-corrected chi connectivity index (χ3v) is 5.37. The number of fused-ring (bicyclic) bond motifs is 1. The summed E-state index contributed by atoms with van der Waals surface area (Å²) in [6.07, 6.45) is 0. The molecule has 0 radical (unpaired) electrons. The van der Waals surface area contributed by atoms with E-state index < -0.39 is 0 Å². The van der Waals surface area contributed by atoms with Crippen LogP contribution < -0.4 is 0 Å². The normalized spacial score (nSPS) is 12.6. The Bertz CT molecular complexity index is 811. The summed E-state index contributed by atoms with van der Waals surface area (Å²) in [5.41, 5.74) is 3.44. The first-order valence-electron chi connectivity index (χ1n) is 6.65. The molecule has 3 heteroatoms. The predicted octanol–water partition coefficient (Wildman–Crippen LogP) is 6.73. The van der Waals surface area contributed by atoms with Gasteiger partial charge < -0.3 is 0 Å². The van der Waals surface area contributed by atoms with Gasteiger partial charge in [0.05, 0.1) is 5.38 Å². The molecule has 0 amide bonds. The smallest absolute Gasteiger partial charge is 0.0852 e. The Morgan fingerprint density at radius 2 is 1.62 bits per heavy atom. The molecule has 0 spiro atoms. The summed E-state index contributed by atoms with van der Waals surface area (Å²) in [6, 6.07) is 18.5. The molecule has 106 valence electrons. The van der Waals surface area contributed by atoms with E-state index in [2.05, 4.69) is 65.9 Å². The minimum absolute atomic E-state index is 0.207. The van der Waals surface area contributed by atoms with Crippen molar-refractivity contribution in [3.63, 3.8) is 0 Å². The molecule has 0 saturated heterocycles. The minimum atomic E-state index is -0.207. The first-order valence-corrected chi connectivity index (χ1v) is 8.54. The van der Waals surface area contributed by atoms with Crippen LogP contribution in [0.15, 0.2) is 54.6 Å². The van der Waals surface area contributed by atoms with Crippen molar-refractivity contribution < 1.29 is 0 Å². The maximum absolute atomic E-state index is 6.78. The SMILES string of the molecule is Cc1ccc(C(Cl)c2cc(Cl)ccc2I)c2ccccc12. The summed E-state index contributed by atoms with van der Waals surface area (Å²) in [6.45, 7) is 2.12. The van der Waals surface area contributed by atoms with Crippen LogP contribution in [0.4, 0.5) is 0 Å². The molecule has 0 saturated carbocycles. The Kier molecular flexibility index (Phi) is 4.43. The molecule has 0 aliphatic carbocycles. The maximum Gasteiger partial charge on any atom is 0.0852 e. The van der Waals surface area contributed by atoms with E-state index >= 15 is 0 Å². The fourth-order valence-electron chi connectivity index (χ4n) is 2.57. The molecular weight excluding hydrogens is 414 g/mol. The van der Waals surface area contributed by atoms with Crippen LogP contribution >= 0.6 is 45.8 Å². The van der Waals surface area contributed by atoms with Crippen LogP contribution in [0.3, 0.4) is 0 Å². The van der Waals surface area contributed by atoms with Gasteiger partial charge in [-0.3, -0.25) is 0 Å². The lowest BCUT2D eigenvalue weighted by Crippen LogP contribution is -1.98. The number of hydrogen-bond acceptors (Lipinski definition) is 0. The highest BCUT2D eigenvalue weighted by molar-refractivity contribution is 14.1. The summed E-state index contributed by atoms with van der Waals surface area (Å²) in [4.78, 5) is 0. The number of rotatable bonds is 2. The topological polar surface area (TPSA) is 0 Å². The quantitative estimate of drug-likeness (QED) is 0.314. The van der Waals surface area contributed by atoms with Crippen LogP contribution in [0, 0.1) is 10.5 Å². The molecule has 0 aliphatic rings. The van der Waals surface area contributed by atoms with Crippen molar-refractivity contribution in [1.29, 1.82) is 0 Å². The third-order valence-electron chi connectivity index (χ3n) is 3.68. The van der Waals surface area contributed by atoms with Gasteiger partial charge in [-0.25, -0.2) is 0 Å². The standard InChI is InChI=1S/C18H13Cl2I/c1-11-6-8-15(14-5-3-2-4-13(11)14)18(20)16-10-12(19)7-9-17(16)21/h2-10,18H,1H3. The van der Waals surface area contributed by atoms with Gasteiger partial charge in [-0.1, -0.05) is 48.0 Å².